The van der Waals surface area contributed by atoms with Gasteiger partial charge in [-0.3, -0.25) is 0 Å². The highest BCUT2D eigenvalue weighted by Gasteiger charge is 2.32. The molecular weight excluding hydrogens is 1140 g/mol. The highest BCUT2D eigenvalue weighted by atomic mass is 16.6. The predicted octanol–water partition coefficient (Wildman–Crippen LogP) is 3.44. The molecule has 0 fully saturated rings. The van der Waals surface area contributed by atoms with Crippen molar-refractivity contribution in [3.8, 4) is 51.7 Å². The molecule has 3 atom stereocenters. The van der Waals surface area contributed by atoms with Crippen molar-refractivity contribution >= 4 is 29.8 Å². The molecule has 0 aliphatic carbocycles. The van der Waals surface area contributed by atoms with E-state index in [1.165, 1.54) is 125 Å². The van der Waals surface area contributed by atoms with Crippen LogP contribution in [0.2, 0.25) is 0 Å². The minimum atomic E-state index is -1.53. The average Bonchev–Trinajstić information content (AvgIpc) is 2.72. The van der Waals surface area contributed by atoms with Crippen molar-refractivity contribution in [1.82, 2.24) is 0 Å². The van der Waals surface area contributed by atoms with Gasteiger partial charge in [0.15, 0.2) is 12.2 Å². The number of aliphatic hydroxyl groups is 6. The average molecular weight is 1210 g/mol. The van der Waals surface area contributed by atoms with Gasteiger partial charge in [0, 0.05) is 18.2 Å². The predicted molar refractivity (Wildman–Crippen MR) is 297 cm³/mol. The Kier molecular flexibility index (Phi) is 26.7. The molecule has 27 heteroatoms. The molecule has 0 bridgehead atoms. The lowest BCUT2D eigenvalue weighted by atomic mass is 10.0. The maximum atomic E-state index is 14.3. The Morgan fingerprint density at radius 2 is 0.558 bits per heavy atom. The van der Waals surface area contributed by atoms with E-state index >= 15 is 0 Å². The molecule has 5 aromatic rings. The molecule has 0 aliphatic heterocycles. The van der Waals surface area contributed by atoms with E-state index in [2.05, 4.69) is 0 Å². The molecule has 5 aromatic carbocycles. The zero-order valence-electron chi connectivity index (χ0n) is 48.7. The Morgan fingerprint density at radius 1 is 0.302 bits per heavy atom. The number of rotatable bonds is 35. The van der Waals surface area contributed by atoms with Gasteiger partial charge in [-0.2, -0.15) is 0 Å². The van der Waals surface area contributed by atoms with Crippen LogP contribution >= 0.6 is 0 Å². The molecule has 0 spiro atoms. The summed E-state index contributed by atoms with van der Waals surface area (Å²) >= 11 is 0. The summed E-state index contributed by atoms with van der Waals surface area (Å²) in [6, 6.07) is 13.7. The van der Waals surface area contributed by atoms with Crippen molar-refractivity contribution in [2.75, 3.05) is 104 Å². The number of methoxy groups -OCH3 is 9. The molecule has 86 heavy (non-hydrogen) atoms. The van der Waals surface area contributed by atoms with Gasteiger partial charge >= 0.3 is 29.8 Å². The molecule has 0 aliphatic rings. The highest BCUT2D eigenvalue weighted by Crippen LogP contribution is 2.35. The molecule has 5 rings (SSSR count). The van der Waals surface area contributed by atoms with Crippen LogP contribution in [0.5, 0.6) is 51.7 Å². The highest BCUT2D eigenvalue weighted by molar-refractivity contribution is 5.97. The van der Waals surface area contributed by atoms with Gasteiger partial charge in [-0.15, -0.1) is 0 Å². The van der Waals surface area contributed by atoms with Crippen molar-refractivity contribution < 1.29 is 130 Å². The van der Waals surface area contributed by atoms with Crippen molar-refractivity contribution in [2.45, 2.75) is 58.0 Å². The quantitative estimate of drug-likeness (QED) is 0.0250. The summed E-state index contributed by atoms with van der Waals surface area (Å²) in [6.07, 6.45) is -4.53. The van der Waals surface area contributed by atoms with E-state index in [1.807, 2.05) is 0 Å². The minimum Gasteiger partial charge on any atom is -0.497 e. The molecule has 0 saturated carbocycles. The molecule has 0 aromatic heterocycles. The number of carbonyl (C=O) groups excluding carboxylic acids is 5. The first kappa shape index (κ1) is 68.1. The summed E-state index contributed by atoms with van der Waals surface area (Å²) in [5, 5.41) is 61.3. The van der Waals surface area contributed by atoms with Crippen molar-refractivity contribution in [2.24, 2.45) is 0 Å². The fraction of sp³-hybridized carbons (Fsp3) is 0.407. The Hall–Kier alpha value is -8.67. The van der Waals surface area contributed by atoms with Crippen LogP contribution in [0.15, 0.2) is 60.7 Å². The van der Waals surface area contributed by atoms with Crippen LogP contribution in [0, 0.1) is 0 Å². The number of benzene rings is 5. The number of aliphatic hydroxyl groups excluding tert-OH is 6. The van der Waals surface area contributed by atoms with Gasteiger partial charge in [-0.05, 0) is 75.8 Å². The summed E-state index contributed by atoms with van der Waals surface area (Å²) in [6.45, 7) is -7.84. The second-order valence-electron chi connectivity index (χ2n) is 18.1. The second kappa shape index (κ2) is 33.7. The lowest BCUT2D eigenvalue weighted by Gasteiger charge is -2.24. The first-order valence-electron chi connectivity index (χ1n) is 26.0. The van der Waals surface area contributed by atoms with E-state index in [0.29, 0.717) is 5.56 Å². The maximum absolute atomic E-state index is 14.3. The molecule has 468 valence electrons. The molecule has 0 amide bonds. The van der Waals surface area contributed by atoms with Crippen LogP contribution in [0.25, 0.3) is 0 Å². The van der Waals surface area contributed by atoms with E-state index in [-0.39, 0.29) is 107 Å². The third-order valence-corrected chi connectivity index (χ3v) is 12.8. The number of carbonyl (C=O) groups is 5. The van der Waals surface area contributed by atoms with Gasteiger partial charge in [0.25, 0.3) is 0 Å². The van der Waals surface area contributed by atoms with Crippen molar-refractivity contribution in [3.63, 3.8) is 0 Å². The smallest absolute Gasteiger partial charge is 0.345 e. The normalized spacial score (nSPS) is 11.9. The molecule has 3 unspecified atom stereocenters. The van der Waals surface area contributed by atoms with E-state index in [4.69, 9.17) is 75.8 Å². The zero-order valence-corrected chi connectivity index (χ0v) is 48.7. The molecular formula is C59H70O27. The summed E-state index contributed by atoms with van der Waals surface area (Å²) in [5.41, 5.74) is -0.643. The van der Waals surface area contributed by atoms with E-state index in [1.54, 1.807) is 0 Å². The maximum Gasteiger partial charge on any atom is 0.345 e. The van der Waals surface area contributed by atoms with E-state index in [0.717, 1.165) is 0 Å². The molecule has 27 nitrogen and oxygen atoms in total. The number of esters is 5. The summed E-state index contributed by atoms with van der Waals surface area (Å²) < 4.78 is 89.5. The topological polar surface area (TPSA) is 354 Å². The van der Waals surface area contributed by atoms with Crippen LogP contribution in [-0.4, -0.2) is 182 Å². The van der Waals surface area contributed by atoms with Crippen LogP contribution in [0.4, 0.5) is 0 Å². The van der Waals surface area contributed by atoms with Gasteiger partial charge in [0.2, 0.25) is 0 Å². The standard InChI is InChI=1S/C59H70O27/c1-71-38-12-33(21-61)50(34(13-38)22-62)55(66)82-30-43(85-58(69)52-36(24-64)15-40(73-3)18-48(52)78-8)28-80-26-42(84-57(68)51-35(23-63)14-39(72-2)17-47(51)77-7)27-81-29-44(86-59(70)53-37(25-65)16-41(74-4)19-49(53)79-9)31-83-56(67)54-45(75-5)10-32(20-60)11-46(54)76-6/h10-19,42-44,60-65H,20-31H2,1-9H3. The summed E-state index contributed by atoms with van der Waals surface area (Å²) in [7, 11) is 11.7. The number of hydrogen-bond donors (Lipinski definition) is 6. The van der Waals surface area contributed by atoms with E-state index < -0.39 is 127 Å². The first-order valence-corrected chi connectivity index (χ1v) is 26.0. The summed E-state index contributed by atoms with van der Waals surface area (Å²) in [4.78, 5) is 70.2. The third kappa shape index (κ3) is 17.2. The largest absolute Gasteiger partial charge is 0.497 e. The summed E-state index contributed by atoms with van der Waals surface area (Å²) in [5.74, 6) is -4.72. The Balaban J connectivity index is 1.52. The molecule has 0 heterocycles. The van der Waals surface area contributed by atoms with Gasteiger partial charge in [-0.25, -0.2) is 24.0 Å². The lowest BCUT2D eigenvalue weighted by Crippen LogP contribution is -2.36. The first-order chi connectivity index (χ1) is 41.5. The fourth-order valence-electron chi connectivity index (χ4n) is 8.59. The van der Waals surface area contributed by atoms with Crippen LogP contribution in [0.3, 0.4) is 0 Å². The van der Waals surface area contributed by atoms with Gasteiger partial charge in [-0.1, -0.05) is 0 Å². The molecule has 6 N–H and O–H groups in total. The van der Waals surface area contributed by atoms with Crippen molar-refractivity contribution in [3.05, 3.63) is 122 Å². The van der Waals surface area contributed by atoms with Gasteiger partial charge in [0.05, 0.1) is 136 Å². The van der Waals surface area contributed by atoms with Crippen LogP contribution in [0.1, 0.15) is 85.2 Å². The number of ether oxygens (including phenoxy) is 16. The van der Waals surface area contributed by atoms with Gasteiger partial charge < -0.3 is 106 Å². The fourth-order valence-corrected chi connectivity index (χ4v) is 8.59. The number of hydrogen-bond acceptors (Lipinski definition) is 27. The Labute approximate surface area is 494 Å². The van der Waals surface area contributed by atoms with E-state index in [9.17, 15) is 54.6 Å². The third-order valence-electron chi connectivity index (χ3n) is 12.8. The minimum absolute atomic E-state index is 0.0200. The van der Waals surface area contributed by atoms with Crippen LogP contribution in [-0.2, 0) is 72.8 Å². The molecule has 0 saturated heterocycles. The van der Waals surface area contributed by atoms with Crippen molar-refractivity contribution in [1.29, 1.82) is 0 Å². The molecule has 0 radical (unpaired) electrons. The van der Waals surface area contributed by atoms with Crippen LogP contribution < -0.4 is 42.6 Å². The second-order valence-corrected chi connectivity index (χ2v) is 18.1. The Bertz CT molecular complexity index is 2830. The zero-order chi connectivity index (χ0) is 63.0. The monoisotopic (exact) mass is 1210 g/mol. The lowest BCUT2D eigenvalue weighted by molar-refractivity contribution is -0.0790. The Morgan fingerprint density at radius 3 is 0.826 bits per heavy atom. The SMILES string of the molecule is COc1cc(CO)c(C(=O)OCC(COCC(COCC(COC(=O)c2c(OC)cc(CO)cc2OC)OC(=O)c2c(CO)cc(OC)cc2OC)OC(=O)c2c(CO)cc(OC)cc2OC)OC(=O)c2c(CO)cc(OC)cc2OC)c(CO)c1. The van der Waals surface area contributed by atoms with Gasteiger partial charge in [0.1, 0.15) is 93.3 Å².